The molecule has 88 valence electrons. The molecule has 2 amide bonds. The molecule has 1 saturated carbocycles. The van der Waals surface area contributed by atoms with Crippen molar-refractivity contribution in [2.24, 2.45) is 5.41 Å². The molecule has 0 aromatic rings. The number of carboxylic acids is 1. The number of hydrogen-bond acceptors (Lipinski definition) is 4. The van der Waals surface area contributed by atoms with Crippen LogP contribution in [0.3, 0.4) is 0 Å². The predicted molar refractivity (Wildman–Crippen MR) is 58.0 cm³/mol. The van der Waals surface area contributed by atoms with Crippen molar-refractivity contribution in [2.45, 2.75) is 19.3 Å². The van der Waals surface area contributed by atoms with Crippen molar-refractivity contribution in [2.75, 3.05) is 18.1 Å². The maximum atomic E-state index is 11.5. The molecular formula is C10H13NO4S. The highest BCUT2D eigenvalue weighted by atomic mass is 32.2. The lowest BCUT2D eigenvalue weighted by molar-refractivity contribution is -0.159. The molecule has 0 atom stereocenters. The van der Waals surface area contributed by atoms with Crippen LogP contribution in [0, 0.1) is 5.41 Å². The first-order chi connectivity index (χ1) is 7.55. The molecule has 1 aliphatic heterocycles. The Kier molecular flexibility index (Phi) is 2.92. The van der Waals surface area contributed by atoms with Crippen LogP contribution in [0.1, 0.15) is 19.3 Å². The summed E-state index contributed by atoms with van der Waals surface area (Å²) in [4.78, 5) is 35.3. The number of imide groups is 1. The molecule has 1 heterocycles. The van der Waals surface area contributed by atoms with Crippen molar-refractivity contribution in [1.82, 2.24) is 4.90 Å². The summed E-state index contributed by atoms with van der Waals surface area (Å²) >= 11 is 1.29. The van der Waals surface area contributed by atoms with Crippen molar-refractivity contribution in [3.05, 3.63) is 0 Å². The Morgan fingerprint density at radius 1 is 1.31 bits per heavy atom. The van der Waals surface area contributed by atoms with Crippen LogP contribution in [0.25, 0.3) is 0 Å². The minimum atomic E-state index is -0.891. The third-order valence-corrected chi connectivity index (χ3v) is 4.18. The standard InChI is InChI=1S/C10H13NO4S/c12-7-4-16-5-8(13)11(7)6-10(9(14)15)2-1-3-10/h1-6H2,(H,14,15). The minimum absolute atomic E-state index is 0.0561. The molecule has 0 radical (unpaired) electrons. The summed E-state index contributed by atoms with van der Waals surface area (Å²) in [6, 6.07) is 0. The predicted octanol–water partition coefficient (Wildman–Crippen LogP) is 0.343. The number of amides is 2. The zero-order chi connectivity index (χ0) is 11.8. The SMILES string of the molecule is O=C1CSCC(=O)N1CC1(C(=O)O)CCC1. The highest BCUT2D eigenvalue weighted by molar-refractivity contribution is 8.00. The lowest BCUT2D eigenvalue weighted by Crippen LogP contribution is -2.53. The number of carboxylic acid groups (broad SMARTS) is 1. The molecule has 0 aromatic carbocycles. The van der Waals surface area contributed by atoms with Crippen LogP contribution in [0.5, 0.6) is 0 Å². The normalized spacial score (nSPS) is 24.1. The third-order valence-electron chi connectivity index (χ3n) is 3.28. The number of nitrogens with zero attached hydrogens (tertiary/aromatic N) is 1. The molecule has 1 N–H and O–H groups in total. The fraction of sp³-hybridized carbons (Fsp3) is 0.700. The van der Waals surface area contributed by atoms with Gasteiger partial charge in [-0.2, -0.15) is 0 Å². The Bertz CT molecular complexity index is 335. The molecule has 0 unspecified atom stereocenters. The first kappa shape index (κ1) is 11.4. The average molecular weight is 243 g/mol. The number of carbonyl (C=O) groups is 3. The zero-order valence-electron chi connectivity index (χ0n) is 8.77. The average Bonchev–Trinajstić information content (AvgIpc) is 2.14. The molecule has 6 heteroatoms. The van der Waals surface area contributed by atoms with Crippen LogP contribution in [0.4, 0.5) is 0 Å². The first-order valence-corrected chi connectivity index (χ1v) is 6.35. The van der Waals surface area contributed by atoms with Gasteiger partial charge in [-0.25, -0.2) is 0 Å². The molecule has 2 rings (SSSR count). The summed E-state index contributed by atoms with van der Waals surface area (Å²) in [5.74, 6) is -0.844. The zero-order valence-corrected chi connectivity index (χ0v) is 9.59. The van der Waals surface area contributed by atoms with Gasteiger partial charge in [-0.05, 0) is 12.8 Å². The van der Waals surface area contributed by atoms with Crippen LogP contribution in [0.15, 0.2) is 0 Å². The van der Waals surface area contributed by atoms with E-state index in [-0.39, 0.29) is 29.9 Å². The van der Waals surface area contributed by atoms with Gasteiger partial charge in [0.05, 0.1) is 16.9 Å². The van der Waals surface area contributed by atoms with E-state index in [0.717, 1.165) is 11.3 Å². The van der Waals surface area contributed by atoms with Crippen molar-refractivity contribution in [3.63, 3.8) is 0 Å². The van der Waals surface area contributed by atoms with Gasteiger partial charge in [0.1, 0.15) is 0 Å². The highest BCUT2D eigenvalue weighted by Crippen LogP contribution is 2.42. The number of hydrogen-bond donors (Lipinski definition) is 1. The third kappa shape index (κ3) is 1.81. The maximum absolute atomic E-state index is 11.5. The van der Waals surface area contributed by atoms with E-state index in [2.05, 4.69) is 0 Å². The summed E-state index contributed by atoms with van der Waals surface area (Å²) in [7, 11) is 0. The molecule has 16 heavy (non-hydrogen) atoms. The van der Waals surface area contributed by atoms with Gasteiger partial charge in [-0.3, -0.25) is 19.3 Å². The lowest BCUT2D eigenvalue weighted by atomic mass is 9.68. The van der Waals surface area contributed by atoms with Crippen molar-refractivity contribution >= 4 is 29.5 Å². The van der Waals surface area contributed by atoms with Crippen LogP contribution in [0.2, 0.25) is 0 Å². The molecule has 0 aromatic heterocycles. The number of aliphatic carboxylic acids is 1. The fourth-order valence-electron chi connectivity index (χ4n) is 2.04. The van der Waals surface area contributed by atoms with E-state index >= 15 is 0 Å². The van der Waals surface area contributed by atoms with Gasteiger partial charge in [0, 0.05) is 6.54 Å². The van der Waals surface area contributed by atoms with Gasteiger partial charge in [-0.1, -0.05) is 6.42 Å². The first-order valence-electron chi connectivity index (χ1n) is 5.19. The number of carbonyl (C=O) groups excluding carboxylic acids is 2. The molecule has 0 spiro atoms. The van der Waals surface area contributed by atoms with Gasteiger partial charge in [0.15, 0.2) is 0 Å². The second-order valence-corrected chi connectivity index (χ2v) is 5.29. The highest BCUT2D eigenvalue weighted by Gasteiger charge is 2.47. The Hall–Kier alpha value is -1.04. The van der Waals surface area contributed by atoms with Gasteiger partial charge in [0.25, 0.3) is 0 Å². The van der Waals surface area contributed by atoms with E-state index in [1.165, 1.54) is 11.8 Å². The van der Waals surface area contributed by atoms with E-state index in [0.29, 0.717) is 12.8 Å². The summed E-state index contributed by atoms with van der Waals surface area (Å²) in [5.41, 5.74) is -0.868. The Balaban J connectivity index is 2.10. The van der Waals surface area contributed by atoms with Crippen LogP contribution in [-0.4, -0.2) is 45.8 Å². The van der Waals surface area contributed by atoms with Gasteiger partial charge < -0.3 is 5.11 Å². The molecule has 0 bridgehead atoms. The molecule has 5 nitrogen and oxygen atoms in total. The number of rotatable bonds is 3. The van der Waals surface area contributed by atoms with Crippen LogP contribution < -0.4 is 0 Å². The summed E-state index contributed by atoms with van der Waals surface area (Å²) in [5, 5.41) is 9.13. The van der Waals surface area contributed by atoms with Crippen molar-refractivity contribution < 1.29 is 19.5 Å². The smallest absolute Gasteiger partial charge is 0.311 e. The molecule has 1 saturated heterocycles. The van der Waals surface area contributed by atoms with Crippen LogP contribution >= 0.6 is 11.8 Å². The fourth-order valence-corrected chi connectivity index (χ4v) is 2.81. The van der Waals surface area contributed by atoms with Crippen molar-refractivity contribution in [1.29, 1.82) is 0 Å². The Morgan fingerprint density at radius 2 is 1.88 bits per heavy atom. The largest absolute Gasteiger partial charge is 0.481 e. The van der Waals surface area contributed by atoms with E-state index in [9.17, 15) is 14.4 Å². The maximum Gasteiger partial charge on any atom is 0.311 e. The van der Waals surface area contributed by atoms with Gasteiger partial charge in [-0.15, -0.1) is 11.8 Å². The second-order valence-electron chi connectivity index (χ2n) is 4.31. The monoisotopic (exact) mass is 243 g/mol. The van der Waals surface area contributed by atoms with Crippen molar-refractivity contribution in [3.8, 4) is 0 Å². The van der Waals surface area contributed by atoms with Gasteiger partial charge in [0.2, 0.25) is 11.8 Å². The van der Waals surface area contributed by atoms with Crippen LogP contribution in [-0.2, 0) is 14.4 Å². The quantitative estimate of drug-likeness (QED) is 0.724. The van der Waals surface area contributed by atoms with Gasteiger partial charge >= 0.3 is 5.97 Å². The summed E-state index contributed by atoms with van der Waals surface area (Å²) < 4.78 is 0. The summed E-state index contributed by atoms with van der Waals surface area (Å²) in [6.45, 7) is 0.0561. The molecule has 2 aliphatic rings. The lowest BCUT2D eigenvalue weighted by Gasteiger charge is -2.41. The topological polar surface area (TPSA) is 74.7 Å². The molecular weight excluding hydrogens is 230 g/mol. The molecule has 2 fully saturated rings. The second kappa shape index (κ2) is 4.08. The van der Waals surface area contributed by atoms with E-state index in [1.54, 1.807) is 0 Å². The minimum Gasteiger partial charge on any atom is -0.481 e. The number of thioether (sulfide) groups is 1. The Morgan fingerprint density at radius 3 is 2.25 bits per heavy atom. The molecule has 1 aliphatic carbocycles. The van der Waals surface area contributed by atoms with E-state index in [1.807, 2.05) is 0 Å². The van der Waals surface area contributed by atoms with E-state index < -0.39 is 11.4 Å². The van der Waals surface area contributed by atoms with E-state index in [4.69, 9.17) is 5.11 Å². The summed E-state index contributed by atoms with van der Waals surface area (Å²) in [6.07, 6.45) is 1.98. The Labute approximate surface area is 97.2 Å².